The molecule has 2 N–H and O–H groups in total. The predicted octanol–water partition coefficient (Wildman–Crippen LogP) is 3.52. The Kier molecular flexibility index (Phi) is 5.57. The minimum absolute atomic E-state index is 0.296. The summed E-state index contributed by atoms with van der Waals surface area (Å²) in [4.78, 5) is 23.8. The fourth-order valence-electron chi connectivity index (χ4n) is 1.97. The van der Waals surface area contributed by atoms with Gasteiger partial charge in [-0.2, -0.15) is 0 Å². The molecule has 6 heteroatoms. The van der Waals surface area contributed by atoms with Crippen molar-refractivity contribution in [3.05, 3.63) is 54.1 Å². The van der Waals surface area contributed by atoms with Gasteiger partial charge < -0.3 is 20.1 Å². The highest BCUT2D eigenvalue weighted by Crippen LogP contribution is 2.23. The molecule has 0 atom stereocenters. The molecule has 0 saturated carbocycles. The molecule has 23 heavy (non-hydrogen) atoms. The Bertz CT molecular complexity index is 700. The number of hydrogen-bond donors (Lipinski definition) is 2. The van der Waals surface area contributed by atoms with Crippen molar-refractivity contribution in [1.82, 2.24) is 0 Å². The largest absolute Gasteiger partial charge is 0.495 e. The summed E-state index contributed by atoms with van der Waals surface area (Å²) in [6.07, 6.45) is 0. The fraction of sp³-hybridized carbons (Fsp3) is 0.176. The molecule has 0 saturated heterocycles. The second-order valence-corrected chi connectivity index (χ2v) is 4.58. The highest BCUT2D eigenvalue weighted by molar-refractivity contribution is 6.01. The number of ether oxygens (including phenoxy) is 2. The van der Waals surface area contributed by atoms with E-state index in [1.54, 1.807) is 49.4 Å². The van der Waals surface area contributed by atoms with Gasteiger partial charge in [-0.25, -0.2) is 9.59 Å². The lowest BCUT2D eigenvalue weighted by molar-refractivity contribution is 0.0526. The maximum absolute atomic E-state index is 12.1. The molecule has 0 aliphatic heterocycles. The molecule has 0 radical (unpaired) electrons. The third-order valence-corrected chi connectivity index (χ3v) is 2.99. The third kappa shape index (κ3) is 4.47. The average molecular weight is 314 g/mol. The van der Waals surface area contributed by atoms with Crippen LogP contribution in [-0.2, 0) is 4.74 Å². The number of hydrogen-bond acceptors (Lipinski definition) is 4. The molecule has 0 spiro atoms. The Labute approximate surface area is 134 Å². The minimum Gasteiger partial charge on any atom is -0.495 e. The zero-order valence-corrected chi connectivity index (χ0v) is 13.0. The summed E-state index contributed by atoms with van der Waals surface area (Å²) < 4.78 is 10.1. The van der Waals surface area contributed by atoms with Crippen LogP contribution in [0.3, 0.4) is 0 Å². The summed E-state index contributed by atoms with van der Waals surface area (Å²) >= 11 is 0. The molecule has 2 aromatic carbocycles. The van der Waals surface area contributed by atoms with E-state index in [1.165, 1.54) is 7.11 Å². The Morgan fingerprint density at radius 2 is 1.83 bits per heavy atom. The van der Waals surface area contributed by atoms with Crippen LogP contribution in [0, 0.1) is 0 Å². The molecule has 2 aromatic rings. The maximum Gasteiger partial charge on any atom is 0.338 e. The molecule has 120 valence electrons. The van der Waals surface area contributed by atoms with Gasteiger partial charge in [0.1, 0.15) is 5.75 Å². The lowest BCUT2D eigenvalue weighted by atomic mass is 10.2. The molecular formula is C17H18N2O4. The second kappa shape index (κ2) is 7.84. The smallest absolute Gasteiger partial charge is 0.338 e. The standard InChI is InChI=1S/C17H18N2O4/c1-3-23-16(20)12-7-6-8-13(11-12)18-17(21)19-14-9-4-5-10-15(14)22-2/h4-11H,3H2,1-2H3,(H2,18,19,21). The number of rotatable bonds is 5. The van der Waals surface area contributed by atoms with Crippen molar-refractivity contribution in [3.63, 3.8) is 0 Å². The first-order valence-corrected chi connectivity index (χ1v) is 7.12. The van der Waals surface area contributed by atoms with Crippen molar-refractivity contribution in [2.75, 3.05) is 24.4 Å². The minimum atomic E-state index is -0.435. The monoisotopic (exact) mass is 314 g/mol. The van der Waals surface area contributed by atoms with E-state index in [-0.39, 0.29) is 0 Å². The van der Waals surface area contributed by atoms with Gasteiger partial charge in [0.25, 0.3) is 0 Å². The van der Waals surface area contributed by atoms with E-state index >= 15 is 0 Å². The van der Waals surface area contributed by atoms with Crippen molar-refractivity contribution < 1.29 is 19.1 Å². The van der Waals surface area contributed by atoms with Gasteiger partial charge in [-0.3, -0.25) is 0 Å². The highest BCUT2D eigenvalue weighted by atomic mass is 16.5. The zero-order chi connectivity index (χ0) is 16.7. The summed E-state index contributed by atoms with van der Waals surface area (Å²) in [5, 5.41) is 5.36. The second-order valence-electron chi connectivity index (χ2n) is 4.58. The lowest BCUT2D eigenvalue weighted by Crippen LogP contribution is -2.20. The van der Waals surface area contributed by atoms with Crippen molar-refractivity contribution in [2.45, 2.75) is 6.92 Å². The van der Waals surface area contributed by atoms with Gasteiger partial charge >= 0.3 is 12.0 Å². The number of nitrogens with one attached hydrogen (secondary N) is 2. The van der Waals surface area contributed by atoms with Gasteiger partial charge in [0.15, 0.2) is 0 Å². The SMILES string of the molecule is CCOC(=O)c1cccc(NC(=O)Nc2ccccc2OC)c1. The third-order valence-electron chi connectivity index (χ3n) is 2.99. The van der Waals surface area contributed by atoms with Crippen LogP contribution in [0.5, 0.6) is 5.75 Å². The number of esters is 1. The molecule has 0 unspecified atom stereocenters. The first kappa shape index (κ1) is 16.4. The quantitative estimate of drug-likeness (QED) is 0.828. The van der Waals surface area contributed by atoms with Gasteiger partial charge in [0.05, 0.1) is 25.0 Å². The summed E-state index contributed by atoms with van der Waals surface area (Å²) in [5.74, 6) is 0.129. The van der Waals surface area contributed by atoms with Crippen molar-refractivity contribution in [3.8, 4) is 5.75 Å². The summed E-state index contributed by atoms with van der Waals surface area (Å²) in [6, 6.07) is 13.2. The molecule has 2 amide bonds. The van der Waals surface area contributed by atoms with Crippen LogP contribution < -0.4 is 15.4 Å². The lowest BCUT2D eigenvalue weighted by Gasteiger charge is -2.11. The average Bonchev–Trinajstić information content (AvgIpc) is 2.55. The molecule has 6 nitrogen and oxygen atoms in total. The summed E-state index contributed by atoms with van der Waals surface area (Å²) in [5.41, 5.74) is 1.42. The fourth-order valence-corrected chi connectivity index (χ4v) is 1.97. The molecule has 0 heterocycles. The van der Waals surface area contributed by atoms with Crippen LogP contribution in [-0.4, -0.2) is 25.7 Å². The van der Waals surface area contributed by atoms with E-state index in [0.29, 0.717) is 29.3 Å². The number of carbonyl (C=O) groups is 2. The number of amides is 2. The highest BCUT2D eigenvalue weighted by Gasteiger charge is 2.10. The normalized spacial score (nSPS) is 9.83. The van der Waals surface area contributed by atoms with E-state index in [0.717, 1.165) is 0 Å². The first-order chi connectivity index (χ1) is 11.1. The maximum atomic E-state index is 12.1. The van der Waals surface area contributed by atoms with E-state index in [2.05, 4.69) is 10.6 Å². The molecule has 0 fully saturated rings. The van der Waals surface area contributed by atoms with Gasteiger partial charge in [0, 0.05) is 5.69 Å². The zero-order valence-electron chi connectivity index (χ0n) is 13.0. The summed E-state index contributed by atoms with van der Waals surface area (Å²) in [6.45, 7) is 2.03. The molecular weight excluding hydrogens is 296 g/mol. The molecule has 0 aliphatic carbocycles. The van der Waals surface area contributed by atoms with Gasteiger partial charge in [-0.1, -0.05) is 18.2 Å². The first-order valence-electron chi connectivity index (χ1n) is 7.12. The van der Waals surface area contributed by atoms with E-state index < -0.39 is 12.0 Å². The number of urea groups is 1. The number of para-hydroxylation sites is 2. The van der Waals surface area contributed by atoms with Crippen LogP contribution in [0.25, 0.3) is 0 Å². The van der Waals surface area contributed by atoms with Crippen LogP contribution in [0.2, 0.25) is 0 Å². The van der Waals surface area contributed by atoms with E-state index in [1.807, 2.05) is 6.07 Å². The summed E-state index contributed by atoms with van der Waals surface area (Å²) in [7, 11) is 1.53. The Hall–Kier alpha value is -3.02. The van der Waals surface area contributed by atoms with Crippen molar-refractivity contribution in [1.29, 1.82) is 0 Å². The van der Waals surface area contributed by atoms with E-state index in [9.17, 15) is 9.59 Å². The van der Waals surface area contributed by atoms with Crippen molar-refractivity contribution >= 4 is 23.4 Å². The van der Waals surface area contributed by atoms with E-state index in [4.69, 9.17) is 9.47 Å². The molecule has 0 aliphatic rings. The van der Waals surface area contributed by atoms with Gasteiger partial charge in [0.2, 0.25) is 0 Å². The van der Waals surface area contributed by atoms with Crippen molar-refractivity contribution in [2.24, 2.45) is 0 Å². The van der Waals surface area contributed by atoms with Crippen LogP contribution >= 0.6 is 0 Å². The Morgan fingerprint density at radius 1 is 1.04 bits per heavy atom. The molecule has 2 rings (SSSR count). The van der Waals surface area contributed by atoms with Crippen LogP contribution in [0.4, 0.5) is 16.2 Å². The number of methoxy groups -OCH3 is 1. The van der Waals surface area contributed by atoms with Crippen LogP contribution in [0.15, 0.2) is 48.5 Å². The van der Waals surface area contributed by atoms with Crippen LogP contribution in [0.1, 0.15) is 17.3 Å². The van der Waals surface area contributed by atoms with Gasteiger partial charge in [-0.05, 0) is 37.3 Å². The number of anilines is 2. The number of benzene rings is 2. The molecule has 0 bridgehead atoms. The molecule has 0 aromatic heterocycles. The Balaban J connectivity index is 2.05. The van der Waals surface area contributed by atoms with Gasteiger partial charge in [-0.15, -0.1) is 0 Å². The topological polar surface area (TPSA) is 76.7 Å². The Morgan fingerprint density at radius 3 is 2.57 bits per heavy atom. The predicted molar refractivity (Wildman–Crippen MR) is 88.0 cm³/mol. The number of carbonyl (C=O) groups excluding carboxylic acids is 2.